The van der Waals surface area contributed by atoms with E-state index in [0.717, 1.165) is 18.2 Å². The molecular weight excluding hydrogens is 214 g/mol. The Morgan fingerprint density at radius 1 is 1.53 bits per heavy atom. The number of rotatable bonds is 1. The zero-order valence-electron chi connectivity index (χ0n) is 9.07. The average Bonchev–Trinajstić information content (AvgIpc) is 2.08. The molecule has 2 N–H and O–H groups in total. The van der Waals surface area contributed by atoms with E-state index in [-0.39, 0.29) is 11.5 Å². The molecule has 0 aromatic carbocycles. The Morgan fingerprint density at radius 2 is 2.07 bits per heavy atom. The third kappa shape index (κ3) is 2.47. The second-order valence-corrected chi connectivity index (χ2v) is 5.94. The number of hydrogen-bond donors (Lipinski definition) is 1. The van der Waals surface area contributed by atoms with Crippen LogP contribution in [0, 0.1) is 5.92 Å². The molecule has 15 heavy (non-hydrogen) atoms. The van der Waals surface area contributed by atoms with Crippen molar-refractivity contribution in [1.82, 2.24) is 0 Å². The maximum Gasteiger partial charge on any atom is 0.278 e. The summed E-state index contributed by atoms with van der Waals surface area (Å²) >= 11 is 0. The molecule has 0 heterocycles. The highest BCUT2D eigenvalue weighted by molar-refractivity contribution is 8.06. The number of carbonyl (C=O) groups is 1. The molecule has 1 aliphatic rings. The molecule has 0 radical (unpaired) electrons. The van der Waals surface area contributed by atoms with Crippen LogP contribution in [0.3, 0.4) is 0 Å². The van der Waals surface area contributed by atoms with Gasteiger partial charge in [-0.3, -0.25) is 4.79 Å². The van der Waals surface area contributed by atoms with Crippen LogP contribution in [0.15, 0.2) is 22.9 Å². The molecule has 0 saturated heterocycles. The van der Waals surface area contributed by atoms with Crippen molar-refractivity contribution < 1.29 is 13.2 Å². The lowest BCUT2D eigenvalue weighted by molar-refractivity contribution is -0.108. The summed E-state index contributed by atoms with van der Waals surface area (Å²) in [6.07, 6.45) is 3.24. The Hall–Kier alpha value is -1.10. The van der Waals surface area contributed by atoms with E-state index < -0.39 is 15.0 Å². The lowest BCUT2D eigenvalue weighted by Crippen LogP contribution is -2.23. The summed E-state index contributed by atoms with van der Waals surface area (Å²) < 4.78 is 22.2. The first kappa shape index (κ1) is 12.0. The van der Waals surface area contributed by atoms with Gasteiger partial charge in [0.25, 0.3) is 5.12 Å². The van der Waals surface area contributed by atoms with Crippen molar-refractivity contribution >= 4 is 15.0 Å². The molecule has 0 unspecified atom stereocenters. The Balaban J connectivity index is 3.25. The van der Waals surface area contributed by atoms with Gasteiger partial charge < -0.3 is 5.73 Å². The van der Waals surface area contributed by atoms with Gasteiger partial charge in [-0.1, -0.05) is 12.5 Å². The van der Waals surface area contributed by atoms with E-state index in [4.69, 9.17) is 5.73 Å². The van der Waals surface area contributed by atoms with Crippen LogP contribution in [0.2, 0.25) is 0 Å². The maximum absolute atomic E-state index is 11.6. The van der Waals surface area contributed by atoms with Crippen LogP contribution in [0.1, 0.15) is 20.3 Å². The summed E-state index contributed by atoms with van der Waals surface area (Å²) in [6, 6.07) is 0. The molecule has 0 spiro atoms. The first-order valence-corrected chi connectivity index (χ1v) is 6.54. The highest BCUT2D eigenvalue weighted by Crippen LogP contribution is 2.27. The molecule has 0 aromatic rings. The Kier molecular flexibility index (Phi) is 3.04. The van der Waals surface area contributed by atoms with Gasteiger partial charge in [-0.2, -0.15) is 0 Å². The van der Waals surface area contributed by atoms with Gasteiger partial charge in [-0.15, -0.1) is 0 Å². The first-order valence-electron chi connectivity index (χ1n) is 4.64. The fourth-order valence-corrected chi connectivity index (χ4v) is 2.20. The van der Waals surface area contributed by atoms with Crippen LogP contribution in [0.25, 0.3) is 0 Å². The van der Waals surface area contributed by atoms with E-state index in [1.54, 1.807) is 6.08 Å². The number of hydrogen-bond acceptors (Lipinski definition) is 4. The van der Waals surface area contributed by atoms with Crippen LogP contribution in [0.5, 0.6) is 0 Å². The second kappa shape index (κ2) is 3.81. The third-order valence-electron chi connectivity index (χ3n) is 2.42. The van der Waals surface area contributed by atoms with Crippen molar-refractivity contribution in [3.8, 4) is 0 Å². The summed E-state index contributed by atoms with van der Waals surface area (Å²) in [6.45, 7) is 3.74. The summed E-state index contributed by atoms with van der Waals surface area (Å²) in [7, 11) is -3.70. The van der Waals surface area contributed by atoms with Crippen LogP contribution in [-0.2, 0) is 14.6 Å². The van der Waals surface area contributed by atoms with Crippen LogP contribution in [-0.4, -0.2) is 19.8 Å². The summed E-state index contributed by atoms with van der Waals surface area (Å²) in [5, 5.41) is -0.883. The molecule has 0 amide bonds. The highest BCUT2D eigenvalue weighted by Gasteiger charge is 2.26. The Morgan fingerprint density at radius 3 is 2.53 bits per heavy atom. The van der Waals surface area contributed by atoms with Crippen LogP contribution in [0.4, 0.5) is 0 Å². The van der Waals surface area contributed by atoms with E-state index >= 15 is 0 Å². The standard InChI is InChI=1S/C10H15NO3S/c1-6-4-7(2)9(11)8(5-6)10(12)15(3,13)14/h5,7H,4,11H2,1-3H3/t7-/m1/s1. The molecule has 1 atom stereocenters. The predicted octanol–water partition coefficient (Wildman–Crippen LogP) is 0.756. The topological polar surface area (TPSA) is 77.2 Å². The fourth-order valence-electron chi connectivity index (χ4n) is 1.62. The molecule has 1 rings (SSSR count). The number of carbonyl (C=O) groups excluding carboxylic acids is 1. The second-order valence-electron chi connectivity index (χ2n) is 4.02. The molecule has 0 aromatic heterocycles. The SMILES string of the molecule is CC1=CC(C(=O)S(C)(=O)=O)=C(N)[C@H](C)C1. The predicted molar refractivity (Wildman–Crippen MR) is 58.6 cm³/mol. The minimum atomic E-state index is -3.70. The summed E-state index contributed by atoms with van der Waals surface area (Å²) in [5.74, 6) is 0.0238. The average molecular weight is 229 g/mol. The lowest BCUT2D eigenvalue weighted by Gasteiger charge is -2.20. The minimum absolute atomic E-state index is 0.0238. The largest absolute Gasteiger partial charge is 0.401 e. The molecule has 4 nitrogen and oxygen atoms in total. The monoisotopic (exact) mass is 229 g/mol. The molecule has 0 aliphatic heterocycles. The molecule has 0 saturated carbocycles. The normalized spacial score (nSPS) is 22.6. The van der Waals surface area contributed by atoms with E-state index in [0.29, 0.717) is 5.70 Å². The van der Waals surface area contributed by atoms with E-state index in [9.17, 15) is 13.2 Å². The van der Waals surface area contributed by atoms with Crippen molar-refractivity contribution in [2.24, 2.45) is 11.7 Å². The zero-order chi connectivity index (χ0) is 11.8. The van der Waals surface area contributed by atoms with Crippen molar-refractivity contribution in [2.45, 2.75) is 20.3 Å². The van der Waals surface area contributed by atoms with Gasteiger partial charge >= 0.3 is 0 Å². The maximum atomic E-state index is 11.6. The molecule has 0 fully saturated rings. The molecule has 0 bridgehead atoms. The third-order valence-corrected chi connectivity index (χ3v) is 3.31. The Bertz CT molecular complexity index is 457. The van der Waals surface area contributed by atoms with Gasteiger partial charge in [0.2, 0.25) is 9.84 Å². The quantitative estimate of drug-likeness (QED) is 0.720. The summed E-state index contributed by atoms with van der Waals surface area (Å²) in [5.41, 5.74) is 7.21. The van der Waals surface area contributed by atoms with Crippen molar-refractivity contribution in [3.05, 3.63) is 22.9 Å². The number of nitrogens with two attached hydrogens (primary N) is 1. The molecular formula is C10H15NO3S. The number of allylic oxidation sites excluding steroid dienone is 3. The van der Waals surface area contributed by atoms with Crippen LogP contribution < -0.4 is 5.73 Å². The highest BCUT2D eigenvalue weighted by atomic mass is 32.2. The molecule has 84 valence electrons. The van der Waals surface area contributed by atoms with Gasteiger partial charge in [-0.25, -0.2) is 8.42 Å². The summed E-state index contributed by atoms with van der Waals surface area (Å²) in [4.78, 5) is 11.6. The lowest BCUT2D eigenvalue weighted by atomic mass is 9.90. The van der Waals surface area contributed by atoms with Gasteiger partial charge in [0, 0.05) is 17.9 Å². The van der Waals surface area contributed by atoms with E-state index in [1.807, 2.05) is 13.8 Å². The zero-order valence-corrected chi connectivity index (χ0v) is 9.89. The van der Waals surface area contributed by atoms with Gasteiger partial charge in [0.1, 0.15) is 0 Å². The minimum Gasteiger partial charge on any atom is -0.401 e. The Labute approximate surface area is 89.8 Å². The van der Waals surface area contributed by atoms with Gasteiger partial charge in [0.15, 0.2) is 0 Å². The van der Waals surface area contributed by atoms with Crippen molar-refractivity contribution in [3.63, 3.8) is 0 Å². The van der Waals surface area contributed by atoms with Crippen molar-refractivity contribution in [2.75, 3.05) is 6.26 Å². The number of sulfone groups is 1. The first-order chi connectivity index (χ1) is 6.73. The molecule has 1 aliphatic carbocycles. The van der Waals surface area contributed by atoms with Crippen molar-refractivity contribution in [1.29, 1.82) is 0 Å². The van der Waals surface area contributed by atoms with E-state index in [2.05, 4.69) is 0 Å². The molecule has 5 heteroatoms. The van der Waals surface area contributed by atoms with Crippen LogP contribution >= 0.6 is 0 Å². The fraction of sp³-hybridized carbons (Fsp3) is 0.500. The smallest absolute Gasteiger partial charge is 0.278 e. The van der Waals surface area contributed by atoms with Gasteiger partial charge in [0.05, 0.1) is 5.57 Å². The van der Waals surface area contributed by atoms with E-state index in [1.165, 1.54) is 0 Å². The van der Waals surface area contributed by atoms with Gasteiger partial charge in [-0.05, 0) is 19.4 Å².